The number of hydrogen-bond acceptors (Lipinski definition) is 8. The third kappa shape index (κ3) is 5.42. The molecule has 1 saturated heterocycles. The first-order chi connectivity index (χ1) is 13.8. The Morgan fingerprint density at radius 3 is 2.93 bits per heavy atom. The molecule has 10 heteroatoms. The van der Waals surface area contributed by atoms with Gasteiger partial charge in [0.1, 0.15) is 0 Å². The van der Waals surface area contributed by atoms with Gasteiger partial charge in [0.05, 0.1) is 35.2 Å². The third-order valence-corrected chi connectivity index (χ3v) is 4.67. The Labute approximate surface area is 168 Å². The zero-order valence-corrected chi connectivity index (χ0v) is 17.0. The van der Waals surface area contributed by atoms with Crippen LogP contribution in [0.4, 0.5) is 5.95 Å². The number of aromatic nitrogens is 3. The number of esters is 1. The SMILES string of the molecule is CC(C)OC(=O)CCNc1n[n+](=O)c2cc(COC3CCN(C)C3)ccc2n1O. The van der Waals surface area contributed by atoms with Crippen molar-refractivity contribution in [2.75, 3.05) is 32.0 Å². The van der Waals surface area contributed by atoms with Gasteiger partial charge in [0.25, 0.3) is 0 Å². The molecule has 1 atom stereocenters. The summed E-state index contributed by atoms with van der Waals surface area (Å²) in [5.74, 6) is -0.422. The van der Waals surface area contributed by atoms with Gasteiger partial charge >= 0.3 is 17.4 Å². The molecule has 10 nitrogen and oxygen atoms in total. The van der Waals surface area contributed by atoms with E-state index in [0.717, 1.165) is 29.8 Å². The molecule has 0 aliphatic carbocycles. The fourth-order valence-electron chi connectivity index (χ4n) is 3.24. The van der Waals surface area contributed by atoms with E-state index in [-0.39, 0.29) is 42.6 Å². The van der Waals surface area contributed by atoms with E-state index in [4.69, 9.17) is 9.47 Å². The fourth-order valence-corrected chi connectivity index (χ4v) is 3.24. The van der Waals surface area contributed by atoms with E-state index < -0.39 is 0 Å². The number of fused-ring (bicyclic) bond motifs is 1. The van der Waals surface area contributed by atoms with E-state index in [2.05, 4.69) is 22.4 Å². The van der Waals surface area contributed by atoms with Crippen LogP contribution in [0.25, 0.3) is 11.0 Å². The first kappa shape index (κ1) is 21.0. The molecule has 1 aliphatic heterocycles. The number of rotatable bonds is 8. The Balaban J connectivity index is 1.67. The summed E-state index contributed by atoms with van der Waals surface area (Å²) in [6.07, 6.45) is 1.07. The number of hydrogen-bond donors (Lipinski definition) is 2. The van der Waals surface area contributed by atoms with Gasteiger partial charge in [-0.2, -0.15) is 0 Å². The summed E-state index contributed by atoms with van der Waals surface area (Å²) in [7, 11) is 2.06. The van der Waals surface area contributed by atoms with Crippen LogP contribution in [-0.2, 0) is 20.9 Å². The van der Waals surface area contributed by atoms with E-state index in [1.54, 1.807) is 32.0 Å². The molecule has 0 spiro atoms. The molecule has 1 aromatic carbocycles. The minimum Gasteiger partial charge on any atom is -0.463 e. The van der Waals surface area contributed by atoms with Gasteiger partial charge in [-0.25, -0.2) is 0 Å². The molecule has 1 unspecified atom stereocenters. The molecule has 2 aromatic rings. The lowest BCUT2D eigenvalue weighted by Gasteiger charge is -2.12. The number of likely N-dealkylation sites (N-methyl/N-ethyl adjacent to an activating group) is 1. The van der Waals surface area contributed by atoms with E-state index in [1.165, 1.54) is 0 Å². The topological polar surface area (TPSA) is 112 Å². The zero-order valence-electron chi connectivity index (χ0n) is 17.0. The van der Waals surface area contributed by atoms with Gasteiger partial charge in [-0.05, 0) is 38.9 Å². The average Bonchev–Trinajstić information content (AvgIpc) is 3.08. The molecule has 1 fully saturated rings. The lowest BCUT2D eigenvalue weighted by atomic mass is 10.2. The minimum absolute atomic E-state index is 0.0529. The second-order valence-corrected chi connectivity index (χ2v) is 7.53. The second-order valence-electron chi connectivity index (χ2n) is 7.53. The van der Waals surface area contributed by atoms with E-state index in [1.807, 2.05) is 0 Å². The summed E-state index contributed by atoms with van der Waals surface area (Å²) in [6.45, 7) is 6.01. The quantitative estimate of drug-likeness (QED) is 0.382. The Hall–Kier alpha value is -2.72. The van der Waals surface area contributed by atoms with Crippen molar-refractivity contribution in [3.8, 4) is 0 Å². The standard InChI is InChI=1S/C19H28N5O5/c1-13(2)29-18(25)6-8-20-19-21-24(27)17-10-14(4-5-16(17)23(19)26)12-28-15-7-9-22(3)11-15/h4-5,10,13,15,26H,6-9,11-12H2,1-3H3,(H,20,21,27)/q+1. The van der Waals surface area contributed by atoms with Crippen LogP contribution >= 0.6 is 0 Å². The molecule has 2 heterocycles. The number of carbonyl (C=O) groups is 1. The first-order valence-electron chi connectivity index (χ1n) is 9.74. The number of carbonyl (C=O) groups excluding carboxylic acids is 1. The van der Waals surface area contributed by atoms with Crippen LogP contribution in [-0.4, -0.2) is 64.8 Å². The number of anilines is 1. The summed E-state index contributed by atoms with van der Waals surface area (Å²) in [5.41, 5.74) is 1.35. The molecule has 0 amide bonds. The van der Waals surface area contributed by atoms with Crippen molar-refractivity contribution >= 4 is 23.0 Å². The maximum absolute atomic E-state index is 12.4. The number of nitrogens with one attached hydrogen (secondary N) is 1. The summed E-state index contributed by atoms with van der Waals surface area (Å²) >= 11 is 0. The van der Waals surface area contributed by atoms with Gasteiger partial charge in [-0.3, -0.25) is 4.79 Å². The Morgan fingerprint density at radius 2 is 2.24 bits per heavy atom. The predicted molar refractivity (Wildman–Crippen MR) is 105 cm³/mol. The first-order valence-corrected chi connectivity index (χ1v) is 9.74. The summed E-state index contributed by atoms with van der Waals surface area (Å²) in [5, 5.41) is 17.0. The Bertz CT molecular complexity index is 929. The van der Waals surface area contributed by atoms with Crippen molar-refractivity contribution in [3.63, 3.8) is 0 Å². The fraction of sp³-hybridized carbons (Fsp3) is 0.579. The zero-order chi connectivity index (χ0) is 21.0. The highest BCUT2D eigenvalue weighted by molar-refractivity contribution is 5.73. The van der Waals surface area contributed by atoms with Crippen molar-refractivity contribution in [2.24, 2.45) is 0 Å². The Kier molecular flexibility index (Phi) is 6.65. The van der Waals surface area contributed by atoms with Crippen molar-refractivity contribution in [1.82, 2.24) is 14.7 Å². The highest BCUT2D eigenvalue weighted by Crippen LogP contribution is 2.17. The van der Waals surface area contributed by atoms with Gasteiger partial charge in [-0.15, -0.1) is 4.73 Å². The molecule has 0 bridgehead atoms. The lowest BCUT2D eigenvalue weighted by molar-refractivity contribution is -0.535. The molecule has 0 radical (unpaired) electrons. The van der Waals surface area contributed by atoms with Crippen LogP contribution in [0.2, 0.25) is 0 Å². The van der Waals surface area contributed by atoms with Gasteiger partial charge in [0, 0.05) is 25.7 Å². The van der Waals surface area contributed by atoms with Crippen molar-refractivity contribution in [1.29, 1.82) is 0 Å². The van der Waals surface area contributed by atoms with E-state index >= 15 is 0 Å². The van der Waals surface area contributed by atoms with Crippen LogP contribution in [0.3, 0.4) is 0 Å². The molecule has 1 aliphatic rings. The van der Waals surface area contributed by atoms with Crippen molar-refractivity contribution < 1.29 is 24.0 Å². The summed E-state index contributed by atoms with van der Waals surface area (Å²) in [6, 6.07) is 5.10. The van der Waals surface area contributed by atoms with Gasteiger partial charge in [0.2, 0.25) is 0 Å². The Morgan fingerprint density at radius 1 is 1.45 bits per heavy atom. The maximum atomic E-state index is 12.4. The monoisotopic (exact) mass is 406 g/mol. The van der Waals surface area contributed by atoms with Gasteiger partial charge in [-0.1, -0.05) is 6.07 Å². The number of likely N-dealkylation sites (tertiary alicyclic amines) is 1. The van der Waals surface area contributed by atoms with Crippen LogP contribution in [0.15, 0.2) is 18.2 Å². The number of ether oxygens (including phenoxy) is 2. The molecular formula is C19H28N5O5+. The smallest absolute Gasteiger partial charge is 0.322 e. The van der Waals surface area contributed by atoms with Crippen LogP contribution < -0.4 is 9.86 Å². The highest BCUT2D eigenvalue weighted by Gasteiger charge is 2.21. The largest absolute Gasteiger partial charge is 0.463 e. The van der Waals surface area contributed by atoms with Crippen LogP contribution in [0.1, 0.15) is 32.3 Å². The average molecular weight is 406 g/mol. The highest BCUT2D eigenvalue weighted by atomic mass is 16.5. The third-order valence-electron chi connectivity index (χ3n) is 4.67. The van der Waals surface area contributed by atoms with Crippen LogP contribution in [0, 0.1) is 4.91 Å². The summed E-state index contributed by atoms with van der Waals surface area (Å²) < 4.78 is 12.2. The molecule has 1 aromatic heterocycles. The number of benzene rings is 1. The lowest BCUT2D eigenvalue weighted by Crippen LogP contribution is -2.27. The van der Waals surface area contributed by atoms with Gasteiger partial charge in [0.15, 0.2) is 10.1 Å². The normalized spacial score (nSPS) is 17.2. The molecule has 0 saturated carbocycles. The molecule has 3 rings (SSSR count). The maximum Gasteiger partial charge on any atom is 0.322 e. The van der Waals surface area contributed by atoms with Crippen molar-refractivity contribution in [3.05, 3.63) is 28.7 Å². The second kappa shape index (κ2) is 9.19. The van der Waals surface area contributed by atoms with E-state index in [9.17, 15) is 14.9 Å². The molecule has 29 heavy (non-hydrogen) atoms. The van der Waals surface area contributed by atoms with Crippen LogP contribution in [0.5, 0.6) is 0 Å². The molecule has 158 valence electrons. The minimum atomic E-state index is -0.370. The van der Waals surface area contributed by atoms with Gasteiger partial charge < -0.3 is 24.9 Å². The van der Waals surface area contributed by atoms with E-state index in [0.29, 0.717) is 16.7 Å². The summed E-state index contributed by atoms with van der Waals surface area (Å²) in [4.78, 5) is 26.2. The van der Waals surface area contributed by atoms with Crippen molar-refractivity contribution in [2.45, 2.75) is 45.5 Å². The predicted octanol–water partition coefficient (Wildman–Crippen LogP) is 1.16. The molecule has 2 N–H and O–H groups in total. The number of nitrogens with zero attached hydrogens (tertiary/aromatic N) is 4. The molecular weight excluding hydrogens is 378 g/mol.